The predicted octanol–water partition coefficient (Wildman–Crippen LogP) is 4.73. The van der Waals surface area contributed by atoms with Gasteiger partial charge in [-0.25, -0.2) is 8.78 Å². The molecule has 94 valence electrons. The lowest BCUT2D eigenvalue weighted by Gasteiger charge is -2.06. The van der Waals surface area contributed by atoms with Gasteiger partial charge in [-0.05, 0) is 46.3 Å². The van der Waals surface area contributed by atoms with Crippen LogP contribution in [0.1, 0.15) is 5.56 Å². The fraction of sp³-hybridized carbons (Fsp3) is 0.0769. The minimum atomic E-state index is -0.581. The molecule has 0 bridgehead atoms. The lowest BCUT2D eigenvalue weighted by atomic mass is 10.2. The van der Waals surface area contributed by atoms with Crippen LogP contribution in [0.15, 0.2) is 45.8 Å². The maximum Gasteiger partial charge on any atom is 0.144 e. The zero-order valence-electron chi connectivity index (χ0n) is 9.16. The summed E-state index contributed by atoms with van der Waals surface area (Å²) in [5.41, 5.74) is 0.0257. The molecule has 0 aliphatic heterocycles. The summed E-state index contributed by atoms with van der Waals surface area (Å²) in [6, 6.07) is 9.13. The Bertz CT molecular complexity index is 575. The average molecular weight is 331 g/mol. The first kappa shape index (κ1) is 13.4. The lowest BCUT2D eigenvalue weighted by molar-refractivity contribution is 0.474. The maximum atomic E-state index is 13.7. The van der Waals surface area contributed by atoms with E-state index in [1.807, 2.05) is 0 Å². The number of aromatic hydroxyl groups is 1. The zero-order chi connectivity index (χ0) is 13.1. The third-order valence-electron chi connectivity index (χ3n) is 2.34. The van der Waals surface area contributed by atoms with Crippen molar-refractivity contribution in [1.82, 2.24) is 0 Å². The molecular formula is C13H9BrF2OS. The molecule has 0 spiro atoms. The van der Waals surface area contributed by atoms with Gasteiger partial charge in [-0.1, -0.05) is 6.07 Å². The van der Waals surface area contributed by atoms with E-state index in [1.165, 1.54) is 23.9 Å². The van der Waals surface area contributed by atoms with Crippen LogP contribution < -0.4 is 0 Å². The molecule has 0 saturated heterocycles. The number of hydrogen-bond donors (Lipinski definition) is 1. The number of phenols is 1. The molecule has 0 saturated carbocycles. The summed E-state index contributed by atoms with van der Waals surface area (Å²) in [6.07, 6.45) is 0. The fourth-order valence-corrected chi connectivity index (χ4v) is 2.76. The minimum absolute atomic E-state index is 0.0257. The fourth-order valence-electron chi connectivity index (χ4n) is 1.43. The van der Waals surface area contributed by atoms with Crippen LogP contribution in [0.5, 0.6) is 5.75 Å². The molecule has 5 heteroatoms. The largest absolute Gasteiger partial charge is 0.508 e. The molecule has 1 nitrogen and oxygen atoms in total. The first-order valence-corrected chi connectivity index (χ1v) is 6.90. The van der Waals surface area contributed by atoms with E-state index in [9.17, 15) is 13.9 Å². The van der Waals surface area contributed by atoms with Gasteiger partial charge in [-0.15, -0.1) is 11.8 Å². The standard InChI is InChI=1S/C13H9BrF2OS/c14-11-4-5-12(15)10(13(11)16)7-18-9-3-1-2-8(17)6-9/h1-6,17H,7H2. The van der Waals surface area contributed by atoms with Crippen molar-refractivity contribution in [2.24, 2.45) is 0 Å². The Morgan fingerprint density at radius 2 is 1.94 bits per heavy atom. The summed E-state index contributed by atoms with van der Waals surface area (Å²) in [6.45, 7) is 0. The Morgan fingerprint density at radius 1 is 1.17 bits per heavy atom. The first-order chi connectivity index (χ1) is 8.58. The van der Waals surface area contributed by atoms with E-state index in [1.54, 1.807) is 24.3 Å². The van der Waals surface area contributed by atoms with Crippen LogP contribution in [0, 0.1) is 11.6 Å². The molecule has 2 rings (SSSR count). The first-order valence-electron chi connectivity index (χ1n) is 5.12. The second kappa shape index (κ2) is 5.71. The Kier molecular flexibility index (Phi) is 4.24. The van der Waals surface area contributed by atoms with Crippen LogP contribution in [-0.4, -0.2) is 5.11 Å². The molecule has 2 aromatic carbocycles. The molecular weight excluding hydrogens is 322 g/mol. The SMILES string of the molecule is Oc1cccc(SCc2c(F)ccc(Br)c2F)c1. The topological polar surface area (TPSA) is 20.2 Å². The van der Waals surface area contributed by atoms with Crippen molar-refractivity contribution in [3.05, 3.63) is 58.1 Å². The van der Waals surface area contributed by atoms with E-state index in [2.05, 4.69) is 15.9 Å². The maximum absolute atomic E-state index is 13.7. The Hall–Kier alpha value is -1.07. The molecule has 18 heavy (non-hydrogen) atoms. The number of hydrogen-bond acceptors (Lipinski definition) is 2. The molecule has 2 aromatic rings. The smallest absolute Gasteiger partial charge is 0.144 e. The normalized spacial score (nSPS) is 10.6. The van der Waals surface area contributed by atoms with E-state index in [0.717, 1.165) is 4.90 Å². The Morgan fingerprint density at radius 3 is 2.67 bits per heavy atom. The molecule has 0 fully saturated rings. The molecule has 1 N–H and O–H groups in total. The Balaban J connectivity index is 2.18. The predicted molar refractivity (Wildman–Crippen MR) is 71.7 cm³/mol. The highest BCUT2D eigenvalue weighted by Crippen LogP contribution is 2.30. The Labute approximate surface area is 116 Å². The van der Waals surface area contributed by atoms with Crippen molar-refractivity contribution in [1.29, 1.82) is 0 Å². The molecule has 0 aromatic heterocycles. The molecule has 0 atom stereocenters. The molecule has 0 aliphatic carbocycles. The van der Waals surface area contributed by atoms with Gasteiger partial charge < -0.3 is 5.11 Å². The van der Waals surface area contributed by atoms with Gasteiger partial charge in [0.25, 0.3) is 0 Å². The lowest BCUT2D eigenvalue weighted by Crippen LogP contribution is -1.94. The van der Waals surface area contributed by atoms with Crippen molar-refractivity contribution < 1.29 is 13.9 Å². The van der Waals surface area contributed by atoms with E-state index in [-0.39, 0.29) is 21.5 Å². The number of rotatable bonds is 3. The third kappa shape index (κ3) is 3.03. The number of benzene rings is 2. The molecule has 0 amide bonds. The summed E-state index contributed by atoms with van der Waals surface area (Å²) in [5.74, 6) is -0.846. The minimum Gasteiger partial charge on any atom is -0.508 e. The van der Waals surface area contributed by atoms with E-state index >= 15 is 0 Å². The van der Waals surface area contributed by atoms with Gasteiger partial charge in [0.15, 0.2) is 0 Å². The van der Waals surface area contributed by atoms with E-state index in [0.29, 0.717) is 0 Å². The number of phenolic OH excluding ortho intramolecular Hbond substituents is 1. The van der Waals surface area contributed by atoms with Gasteiger partial charge in [0.2, 0.25) is 0 Å². The summed E-state index contributed by atoms with van der Waals surface area (Å²) >= 11 is 4.29. The van der Waals surface area contributed by atoms with Gasteiger partial charge >= 0.3 is 0 Å². The molecule has 0 radical (unpaired) electrons. The monoisotopic (exact) mass is 330 g/mol. The average Bonchev–Trinajstić information content (AvgIpc) is 2.34. The van der Waals surface area contributed by atoms with Crippen LogP contribution in [0.3, 0.4) is 0 Å². The summed E-state index contributed by atoms with van der Waals surface area (Å²) in [4.78, 5) is 0.758. The molecule has 0 aliphatic rings. The van der Waals surface area contributed by atoms with Crippen LogP contribution in [0.25, 0.3) is 0 Å². The van der Waals surface area contributed by atoms with Crippen molar-refractivity contribution >= 4 is 27.7 Å². The van der Waals surface area contributed by atoms with Crippen molar-refractivity contribution in [2.45, 2.75) is 10.6 Å². The van der Waals surface area contributed by atoms with Gasteiger partial charge in [0, 0.05) is 16.2 Å². The van der Waals surface area contributed by atoms with Gasteiger partial charge in [-0.3, -0.25) is 0 Å². The highest BCUT2D eigenvalue weighted by Gasteiger charge is 2.12. The highest BCUT2D eigenvalue weighted by molar-refractivity contribution is 9.10. The van der Waals surface area contributed by atoms with Crippen molar-refractivity contribution in [2.75, 3.05) is 0 Å². The number of halogens is 3. The van der Waals surface area contributed by atoms with Crippen LogP contribution in [0.4, 0.5) is 8.78 Å². The van der Waals surface area contributed by atoms with Crippen molar-refractivity contribution in [3.63, 3.8) is 0 Å². The van der Waals surface area contributed by atoms with Gasteiger partial charge in [0.05, 0.1) is 4.47 Å². The van der Waals surface area contributed by atoms with E-state index < -0.39 is 11.6 Å². The quantitative estimate of drug-likeness (QED) is 0.648. The van der Waals surface area contributed by atoms with Crippen LogP contribution in [0.2, 0.25) is 0 Å². The van der Waals surface area contributed by atoms with Gasteiger partial charge in [-0.2, -0.15) is 0 Å². The van der Waals surface area contributed by atoms with E-state index in [4.69, 9.17) is 0 Å². The molecule has 0 heterocycles. The summed E-state index contributed by atoms with van der Waals surface area (Å²) in [5, 5.41) is 9.29. The summed E-state index contributed by atoms with van der Waals surface area (Å²) in [7, 11) is 0. The molecule has 0 unspecified atom stereocenters. The van der Waals surface area contributed by atoms with Crippen LogP contribution >= 0.6 is 27.7 Å². The summed E-state index contributed by atoms with van der Waals surface area (Å²) < 4.78 is 27.4. The van der Waals surface area contributed by atoms with Crippen molar-refractivity contribution in [3.8, 4) is 5.75 Å². The zero-order valence-corrected chi connectivity index (χ0v) is 11.6. The van der Waals surface area contributed by atoms with Crippen LogP contribution in [-0.2, 0) is 5.75 Å². The second-order valence-corrected chi connectivity index (χ2v) is 5.51. The third-order valence-corrected chi connectivity index (χ3v) is 3.97. The number of thioether (sulfide) groups is 1. The van der Waals surface area contributed by atoms with Gasteiger partial charge in [0.1, 0.15) is 17.4 Å². The highest BCUT2D eigenvalue weighted by atomic mass is 79.9. The second-order valence-electron chi connectivity index (χ2n) is 3.61.